The molecule has 0 saturated carbocycles. The minimum atomic E-state index is -0.00777. The number of rotatable bonds is 8. The van der Waals surface area contributed by atoms with Gasteiger partial charge in [0.1, 0.15) is 0 Å². The van der Waals surface area contributed by atoms with Crippen molar-refractivity contribution in [1.29, 1.82) is 0 Å². The van der Waals surface area contributed by atoms with Crippen LogP contribution in [0, 0.1) is 0 Å². The molecule has 0 fully saturated rings. The minimum absolute atomic E-state index is 0.00777. The van der Waals surface area contributed by atoms with Gasteiger partial charge >= 0.3 is 0 Å². The second-order valence-electron chi connectivity index (χ2n) is 5.33. The highest BCUT2D eigenvalue weighted by Gasteiger charge is 2.12. The van der Waals surface area contributed by atoms with E-state index in [4.69, 9.17) is 5.73 Å². The number of nitrogens with two attached hydrogens (primary N) is 1. The zero-order chi connectivity index (χ0) is 15.1. The van der Waals surface area contributed by atoms with Gasteiger partial charge in [-0.2, -0.15) is 0 Å². The fourth-order valence-corrected chi connectivity index (χ4v) is 2.59. The van der Waals surface area contributed by atoms with Gasteiger partial charge in [-0.15, -0.1) is 0 Å². The number of aromatic nitrogens is 2. The summed E-state index contributed by atoms with van der Waals surface area (Å²) in [6, 6.07) is 10.4. The van der Waals surface area contributed by atoms with E-state index < -0.39 is 0 Å². The van der Waals surface area contributed by atoms with E-state index in [0.29, 0.717) is 0 Å². The van der Waals surface area contributed by atoms with Crippen LogP contribution in [0.15, 0.2) is 42.9 Å². The molecule has 0 amide bonds. The molecule has 4 heteroatoms. The lowest BCUT2D eigenvalue weighted by Gasteiger charge is -2.20. The van der Waals surface area contributed by atoms with E-state index in [2.05, 4.69) is 52.6 Å². The summed E-state index contributed by atoms with van der Waals surface area (Å²) in [5, 5.41) is 0. The first-order valence-electron chi connectivity index (χ1n) is 7.76. The molecule has 2 rings (SSSR count). The normalized spacial score (nSPS) is 12.8. The molecule has 0 unspecified atom stereocenters. The summed E-state index contributed by atoms with van der Waals surface area (Å²) in [7, 11) is 0. The standard InChI is InChI=1S/C17H26N4/c1-3-20(4-2)10-11-21-14-19-13-17(21)16(18)12-15-8-6-5-7-9-15/h5-9,13-14,16H,3-4,10-12,18H2,1-2H3/t16-/m1/s1. The summed E-state index contributed by atoms with van der Waals surface area (Å²) < 4.78 is 2.19. The molecule has 1 heterocycles. The fourth-order valence-electron chi connectivity index (χ4n) is 2.59. The van der Waals surface area contributed by atoms with Crippen molar-refractivity contribution in [1.82, 2.24) is 14.5 Å². The molecule has 0 aliphatic carbocycles. The van der Waals surface area contributed by atoms with Gasteiger partial charge in [-0.25, -0.2) is 4.98 Å². The highest BCUT2D eigenvalue weighted by atomic mass is 15.2. The van der Waals surface area contributed by atoms with E-state index in [1.165, 1.54) is 5.56 Å². The average molecular weight is 286 g/mol. The molecule has 1 aromatic heterocycles. The molecule has 1 aromatic carbocycles. The van der Waals surface area contributed by atoms with Gasteiger partial charge in [0.2, 0.25) is 0 Å². The fraction of sp³-hybridized carbons (Fsp3) is 0.471. The van der Waals surface area contributed by atoms with Crippen molar-refractivity contribution < 1.29 is 0 Å². The van der Waals surface area contributed by atoms with Crippen LogP contribution in [0.3, 0.4) is 0 Å². The summed E-state index contributed by atoms with van der Waals surface area (Å²) in [4.78, 5) is 6.69. The van der Waals surface area contributed by atoms with Crippen LogP contribution in [0.5, 0.6) is 0 Å². The van der Waals surface area contributed by atoms with E-state index >= 15 is 0 Å². The summed E-state index contributed by atoms with van der Waals surface area (Å²) in [5.41, 5.74) is 8.75. The Morgan fingerprint density at radius 3 is 2.57 bits per heavy atom. The maximum absolute atomic E-state index is 6.37. The third-order valence-corrected chi connectivity index (χ3v) is 3.97. The second-order valence-corrected chi connectivity index (χ2v) is 5.33. The van der Waals surface area contributed by atoms with Crippen molar-refractivity contribution in [3.8, 4) is 0 Å². The van der Waals surface area contributed by atoms with Crippen molar-refractivity contribution in [2.24, 2.45) is 5.73 Å². The molecule has 0 spiro atoms. The Balaban J connectivity index is 1.98. The predicted molar refractivity (Wildman–Crippen MR) is 87.1 cm³/mol. The number of hydrogen-bond acceptors (Lipinski definition) is 3. The third kappa shape index (κ3) is 4.41. The Hall–Kier alpha value is -1.65. The molecule has 0 aliphatic rings. The quantitative estimate of drug-likeness (QED) is 0.811. The lowest BCUT2D eigenvalue weighted by Crippen LogP contribution is -2.28. The average Bonchev–Trinajstić information content (AvgIpc) is 2.98. The summed E-state index contributed by atoms with van der Waals surface area (Å²) in [6.07, 6.45) is 4.64. The molecule has 2 aromatic rings. The van der Waals surface area contributed by atoms with Crippen molar-refractivity contribution in [3.63, 3.8) is 0 Å². The Kier molecular flexibility index (Phi) is 5.96. The van der Waals surface area contributed by atoms with Gasteiger partial charge in [-0.3, -0.25) is 0 Å². The van der Waals surface area contributed by atoms with Gasteiger partial charge in [0, 0.05) is 19.3 Å². The van der Waals surface area contributed by atoms with Crippen molar-refractivity contribution in [2.75, 3.05) is 19.6 Å². The first-order chi connectivity index (χ1) is 10.2. The van der Waals surface area contributed by atoms with Gasteiger partial charge in [0.05, 0.1) is 18.1 Å². The van der Waals surface area contributed by atoms with Crippen molar-refractivity contribution in [2.45, 2.75) is 32.9 Å². The molecular formula is C17H26N4. The first kappa shape index (κ1) is 15.7. The van der Waals surface area contributed by atoms with Crippen LogP contribution in [0.4, 0.5) is 0 Å². The number of nitrogens with zero attached hydrogens (tertiary/aromatic N) is 3. The lowest BCUT2D eigenvalue weighted by atomic mass is 10.0. The molecule has 4 nitrogen and oxygen atoms in total. The van der Waals surface area contributed by atoms with Crippen LogP contribution in [0.1, 0.15) is 31.1 Å². The smallest absolute Gasteiger partial charge is 0.0949 e. The Morgan fingerprint density at radius 2 is 1.90 bits per heavy atom. The predicted octanol–water partition coefficient (Wildman–Crippen LogP) is 2.47. The third-order valence-electron chi connectivity index (χ3n) is 3.97. The van der Waals surface area contributed by atoms with E-state index in [1.54, 1.807) is 0 Å². The highest BCUT2D eigenvalue weighted by Crippen LogP contribution is 2.15. The van der Waals surface area contributed by atoms with Crippen LogP contribution in [-0.2, 0) is 13.0 Å². The van der Waals surface area contributed by atoms with Crippen LogP contribution in [0.25, 0.3) is 0 Å². The van der Waals surface area contributed by atoms with Gasteiger partial charge in [0.15, 0.2) is 0 Å². The highest BCUT2D eigenvalue weighted by molar-refractivity contribution is 5.18. The largest absolute Gasteiger partial charge is 0.332 e. The monoisotopic (exact) mass is 286 g/mol. The maximum Gasteiger partial charge on any atom is 0.0949 e. The molecule has 0 bridgehead atoms. The van der Waals surface area contributed by atoms with Crippen LogP contribution >= 0.6 is 0 Å². The summed E-state index contributed by atoms with van der Waals surface area (Å²) in [6.45, 7) is 8.53. The van der Waals surface area contributed by atoms with E-state index in [9.17, 15) is 0 Å². The molecule has 1 atom stereocenters. The SMILES string of the molecule is CCN(CC)CCn1cncc1[C@H](N)Cc1ccccc1. The molecule has 0 radical (unpaired) electrons. The van der Waals surface area contributed by atoms with Gasteiger partial charge in [-0.1, -0.05) is 44.2 Å². The lowest BCUT2D eigenvalue weighted by molar-refractivity contribution is 0.288. The van der Waals surface area contributed by atoms with Crippen LogP contribution < -0.4 is 5.73 Å². The molecule has 0 aliphatic heterocycles. The zero-order valence-corrected chi connectivity index (χ0v) is 13.1. The number of imidazole rings is 1. The first-order valence-corrected chi connectivity index (χ1v) is 7.76. The van der Waals surface area contributed by atoms with Gasteiger partial charge < -0.3 is 15.2 Å². The molecule has 0 saturated heterocycles. The number of hydrogen-bond donors (Lipinski definition) is 1. The van der Waals surface area contributed by atoms with E-state index in [1.807, 2.05) is 18.6 Å². The van der Waals surface area contributed by atoms with Crippen LogP contribution in [0.2, 0.25) is 0 Å². The topological polar surface area (TPSA) is 47.1 Å². The summed E-state index contributed by atoms with van der Waals surface area (Å²) >= 11 is 0. The number of likely N-dealkylation sites (N-methyl/N-ethyl adjacent to an activating group) is 1. The van der Waals surface area contributed by atoms with Crippen molar-refractivity contribution in [3.05, 3.63) is 54.1 Å². The van der Waals surface area contributed by atoms with Gasteiger partial charge in [0.25, 0.3) is 0 Å². The van der Waals surface area contributed by atoms with E-state index in [-0.39, 0.29) is 6.04 Å². The Morgan fingerprint density at radius 1 is 1.19 bits per heavy atom. The maximum atomic E-state index is 6.37. The van der Waals surface area contributed by atoms with E-state index in [0.717, 1.165) is 38.3 Å². The second kappa shape index (κ2) is 7.96. The zero-order valence-electron chi connectivity index (χ0n) is 13.1. The Bertz CT molecular complexity index is 517. The molecule has 114 valence electrons. The Labute approximate surface area is 127 Å². The summed E-state index contributed by atoms with van der Waals surface area (Å²) in [5.74, 6) is 0. The van der Waals surface area contributed by atoms with Crippen LogP contribution in [-0.4, -0.2) is 34.1 Å². The number of benzene rings is 1. The molecule has 2 N–H and O–H groups in total. The molecule has 21 heavy (non-hydrogen) atoms. The van der Waals surface area contributed by atoms with Gasteiger partial charge in [-0.05, 0) is 25.1 Å². The minimum Gasteiger partial charge on any atom is -0.332 e. The van der Waals surface area contributed by atoms with Crippen molar-refractivity contribution >= 4 is 0 Å². The molecular weight excluding hydrogens is 260 g/mol.